The van der Waals surface area contributed by atoms with E-state index >= 15 is 0 Å². The Morgan fingerprint density at radius 2 is 1.17 bits per heavy atom. The fraction of sp³-hybridized carbons (Fsp3) is 0.967. The summed E-state index contributed by atoms with van der Waals surface area (Å²) in [5.74, 6) is -2.91. The van der Waals surface area contributed by atoms with E-state index in [2.05, 4.69) is 6.92 Å². The van der Waals surface area contributed by atoms with Crippen molar-refractivity contribution in [2.24, 2.45) is 0 Å². The summed E-state index contributed by atoms with van der Waals surface area (Å²) in [6, 6.07) is 0. The molecule has 0 saturated carbocycles. The molecule has 42 heavy (non-hydrogen) atoms. The molecule has 2 aliphatic rings. The van der Waals surface area contributed by atoms with Gasteiger partial charge in [0.05, 0.1) is 13.2 Å². The summed E-state index contributed by atoms with van der Waals surface area (Å²) in [4.78, 5) is 12.7. The van der Waals surface area contributed by atoms with Crippen LogP contribution < -0.4 is 0 Å². The number of rotatable bonds is 22. The van der Waals surface area contributed by atoms with Crippen LogP contribution in [0.3, 0.4) is 0 Å². The van der Waals surface area contributed by atoms with Gasteiger partial charge in [0.15, 0.2) is 12.4 Å². The molecule has 9 unspecified atom stereocenters. The molecule has 248 valence electrons. The first-order valence-corrected chi connectivity index (χ1v) is 16.0. The van der Waals surface area contributed by atoms with E-state index in [9.17, 15) is 40.5 Å². The molecule has 0 amide bonds. The maximum Gasteiger partial charge on any atom is 0.306 e. The van der Waals surface area contributed by atoms with Crippen molar-refractivity contribution in [3.63, 3.8) is 0 Å². The van der Waals surface area contributed by atoms with Crippen molar-refractivity contribution >= 4 is 5.97 Å². The number of carbonyl (C=O) groups is 1. The molecule has 0 aromatic rings. The fourth-order valence-electron chi connectivity index (χ4n) is 5.61. The van der Waals surface area contributed by atoms with Gasteiger partial charge in [-0.15, -0.1) is 0 Å². The molecule has 2 fully saturated rings. The molecule has 0 bridgehead atoms. The smallest absolute Gasteiger partial charge is 0.306 e. The van der Waals surface area contributed by atoms with Crippen molar-refractivity contribution < 1.29 is 59.5 Å². The summed E-state index contributed by atoms with van der Waals surface area (Å²) in [5, 5.41) is 70.3. The Morgan fingerprint density at radius 1 is 0.667 bits per heavy atom. The Bertz CT molecular complexity index is 724. The molecule has 2 saturated heterocycles. The summed E-state index contributed by atoms with van der Waals surface area (Å²) in [6.45, 7) is -0.127. The quantitative estimate of drug-likeness (QED) is 0.0691. The van der Waals surface area contributed by atoms with Crippen molar-refractivity contribution in [2.75, 3.05) is 19.8 Å². The highest BCUT2D eigenvalue weighted by Crippen LogP contribution is 2.38. The molecular formula is C30H56O12. The van der Waals surface area contributed by atoms with Crippen LogP contribution in [0.5, 0.6) is 0 Å². The summed E-state index contributed by atoms with van der Waals surface area (Å²) >= 11 is 0. The average Bonchev–Trinajstić information content (AvgIpc) is 3.25. The van der Waals surface area contributed by atoms with E-state index in [0.717, 1.165) is 19.3 Å². The van der Waals surface area contributed by atoms with Crippen molar-refractivity contribution in [1.29, 1.82) is 0 Å². The number of unbranched alkanes of at least 4 members (excludes halogenated alkanes) is 14. The molecule has 9 atom stereocenters. The van der Waals surface area contributed by atoms with Gasteiger partial charge in [0.25, 0.3) is 0 Å². The number of hydrogen-bond donors (Lipinski definition) is 7. The number of ether oxygens (including phenoxy) is 4. The lowest BCUT2D eigenvalue weighted by Crippen LogP contribution is -2.63. The molecule has 12 nitrogen and oxygen atoms in total. The van der Waals surface area contributed by atoms with E-state index < -0.39 is 80.6 Å². The van der Waals surface area contributed by atoms with Crippen molar-refractivity contribution in [3.05, 3.63) is 0 Å². The molecule has 12 heteroatoms. The molecule has 0 spiro atoms. The van der Waals surface area contributed by atoms with Gasteiger partial charge in [0.2, 0.25) is 5.79 Å². The summed E-state index contributed by atoms with van der Waals surface area (Å²) < 4.78 is 21.9. The van der Waals surface area contributed by atoms with Gasteiger partial charge in [0, 0.05) is 6.42 Å². The van der Waals surface area contributed by atoms with E-state index in [0.29, 0.717) is 6.42 Å². The van der Waals surface area contributed by atoms with Crippen LogP contribution in [-0.2, 0) is 23.7 Å². The van der Waals surface area contributed by atoms with Crippen molar-refractivity contribution in [3.8, 4) is 0 Å². The number of carbonyl (C=O) groups excluding carboxylic acids is 1. The first-order valence-electron chi connectivity index (χ1n) is 16.0. The Kier molecular flexibility index (Phi) is 17.9. The number of hydrogen-bond acceptors (Lipinski definition) is 12. The highest BCUT2D eigenvalue weighted by Gasteiger charge is 2.60. The molecule has 2 aliphatic heterocycles. The lowest BCUT2D eigenvalue weighted by atomic mass is 9.99. The van der Waals surface area contributed by atoms with Crippen molar-refractivity contribution in [1.82, 2.24) is 0 Å². The molecule has 0 radical (unpaired) electrons. The van der Waals surface area contributed by atoms with Gasteiger partial charge >= 0.3 is 5.97 Å². The Morgan fingerprint density at radius 3 is 1.64 bits per heavy atom. The predicted molar refractivity (Wildman–Crippen MR) is 152 cm³/mol. The summed E-state index contributed by atoms with van der Waals surface area (Å²) in [7, 11) is 0. The second-order valence-corrected chi connectivity index (χ2v) is 11.7. The summed E-state index contributed by atoms with van der Waals surface area (Å²) in [5.41, 5.74) is 0. The Hall–Kier alpha value is -0.930. The van der Waals surface area contributed by atoms with Gasteiger partial charge in [-0.05, 0) is 6.42 Å². The molecule has 0 aromatic heterocycles. The average molecular weight is 609 g/mol. The van der Waals surface area contributed by atoms with Gasteiger partial charge in [-0.2, -0.15) is 0 Å². The third-order valence-electron chi connectivity index (χ3n) is 8.28. The minimum Gasteiger partial charge on any atom is -0.454 e. The van der Waals surface area contributed by atoms with Crippen LogP contribution in [0.25, 0.3) is 0 Å². The van der Waals surface area contributed by atoms with E-state index in [-0.39, 0.29) is 6.42 Å². The Labute approximate surface area is 249 Å². The van der Waals surface area contributed by atoms with Gasteiger partial charge in [0.1, 0.15) is 43.2 Å². The first-order chi connectivity index (χ1) is 20.2. The zero-order chi connectivity index (χ0) is 31.0. The van der Waals surface area contributed by atoms with Gasteiger partial charge in [-0.3, -0.25) is 4.79 Å². The third-order valence-corrected chi connectivity index (χ3v) is 8.28. The SMILES string of the molecule is CCCCCCCCCCCCCCCCCC(=O)OC1C(O)C(CO)OC1(CO)OC1OC(CO)C(O)C(O)C1O. The second-order valence-electron chi connectivity index (χ2n) is 11.7. The van der Waals surface area contributed by atoms with E-state index in [4.69, 9.17) is 18.9 Å². The van der Waals surface area contributed by atoms with E-state index in [1.165, 1.54) is 70.6 Å². The van der Waals surface area contributed by atoms with Crippen LogP contribution >= 0.6 is 0 Å². The van der Waals surface area contributed by atoms with Gasteiger partial charge < -0.3 is 54.7 Å². The molecule has 0 aliphatic carbocycles. The molecule has 2 heterocycles. The topological polar surface area (TPSA) is 196 Å². The molecule has 2 rings (SSSR count). The van der Waals surface area contributed by atoms with Crippen molar-refractivity contribution in [2.45, 2.75) is 164 Å². The highest BCUT2D eigenvalue weighted by atomic mass is 16.8. The maximum absolute atomic E-state index is 12.7. The van der Waals surface area contributed by atoms with Crippen LogP contribution in [0, 0.1) is 0 Å². The largest absolute Gasteiger partial charge is 0.454 e. The highest BCUT2D eigenvalue weighted by molar-refractivity contribution is 5.69. The number of aliphatic hydroxyl groups excluding tert-OH is 7. The monoisotopic (exact) mass is 608 g/mol. The van der Waals surface area contributed by atoms with Crippen LogP contribution in [0.2, 0.25) is 0 Å². The van der Waals surface area contributed by atoms with Crippen LogP contribution in [-0.4, -0.2) is 116 Å². The molecule has 0 aromatic carbocycles. The van der Waals surface area contributed by atoms with Crippen LogP contribution in [0.15, 0.2) is 0 Å². The van der Waals surface area contributed by atoms with E-state index in [1.807, 2.05) is 0 Å². The first kappa shape index (κ1) is 37.3. The van der Waals surface area contributed by atoms with Gasteiger partial charge in [-0.1, -0.05) is 96.8 Å². The minimum absolute atomic E-state index is 0.0623. The number of aliphatic hydroxyl groups is 7. The number of esters is 1. The summed E-state index contributed by atoms with van der Waals surface area (Å²) in [6.07, 6.45) is 5.18. The minimum atomic E-state index is -2.24. The van der Waals surface area contributed by atoms with Crippen LogP contribution in [0.4, 0.5) is 0 Å². The second kappa shape index (κ2) is 20.2. The lowest BCUT2D eigenvalue weighted by molar-refractivity contribution is -0.383. The lowest BCUT2D eigenvalue weighted by Gasteiger charge is -2.43. The Balaban J connectivity index is 1.73. The normalized spacial score (nSPS) is 33.2. The maximum atomic E-state index is 12.7. The molecule has 7 N–H and O–H groups in total. The van der Waals surface area contributed by atoms with Gasteiger partial charge in [-0.25, -0.2) is 0 Å². The zero-order valence-corrected chi connectivity index (χ0v) is 25.2. The van der Waals surface area contributed by atoms with E-state index in [1.54, 1.807) is 0 Å². The fourth-order valence-corrected chi connectivity index (χ4v) is 5.61. The predicted octanol–water partition coefficient (Wildman–Crippen LogP) is 1.42. The third kappa shape index (κ3) is 11.2. The molecular weight excluding hydrogens is 552 g/mol. The van der Waals surface area contributed by atoms with Crippen LogP contribution in [0.1, 0.15) is 110 Å². The zero-order valence-electron chi connectivity index (χ0n) is 25.2. The standard InChI is InChI=1S/C30H56O12/c1-2-3-4-5-6-7-8-9-10-11-12-13-14-15-16-17-23(34)40-28-25(36)22(19-32)41-30(28,20-33)42-29-27(38)26(37)24(35)21(18-31)39-29/h21-22,24-29,31-33,35-38H,2-20H2,1H3.